The van der Waals surface area contributed by atoms with Gasteiger partial charge in [0.15, 0.2) is 0 Å². The lowest BCUT2D eigenvalue weighted by atomic mass is 10.0. The smallest absolute Gasteiger partial charge is 0.142 e. The molecule has 0 aromatic heterocycles. The highest BCUT2D eigenvalue weighted by atomic mass is 35.5. The Kier molecular flexibility index (Phi) is 3.27. The van der Waals surface area contributed by atoms with E-state index in [1.807, 2.05) is 30.3 Å². The molecule has 80 valence electrons. The summed E-state index contributed by atoms with van der Waals surface area (Å²) >= 11 is 6.06. The van der Waals surface area contributed by atoms with Gasteiger partial charge in [-0.15, -0.1) is 11.6 Å². The first kappa shape index (κ1) is 10.5. The summed E-state index contributed by atoms with van der Waals surface area (Å²) in [5.74, 6) is 0. The fourth-order valence-electron chi connectivity index (χ4n) is 2.02. The van der Waals surface area contributed by atoms with Gasteiger partial charge >= 0.3 is 0 Å². The Bertz CT molecular complexity index is 328. The highest BCUT2D eigenvalue weighted by Crippen LogP contribution is 2.26. The zero-order valence-electron chi connectivity index (χ0n) is 8.47. The monoisotopic (exact) mass is 223 g/mol. The van der Waals surface area contributed by atoms with E-state index in [1.165, 1.54) is 0 Å². The number of para-hydroxylation sites is 1. The number of rotatable bonds is 2. The van der Waals surface area contributed by atoms with Crippen LogP contribution >= 0.6 is 11.6 Å². The lowest BCUT2D eigenvalue weighted by Gasteiger charge is -2.36. The van der Waals surface area contributed by atoms with Crippen molar-refractivity contribution >= 4 is 23.6 Å². The van der Waals surface area contributed by atoms with Crippen molar-refractivity contribution in [2.45, 2.75) is 24.3 Å². The van der Waals surface area contributed by atoms with E-state index in [-0.39, 0.29) is 11.4 Å². The lowest BCUT2D eigenvalue weighted by molar-refractivity contribution is -0.109. The van der Waals surface area contributed by atoms with Crippen LogP contribution in [0.3, 0.4) is 0 Å². The fraction of sp³-hybridized carbons (Fsp3) is 0.417. The van der Waals surface area contributed by atoms with Crippen LogP contribution in [0.1, 0.15) is 12.8 Å². The predicted molar refractivity (Wildman–Crippen MR) is 62.5 cm³/mol. The van der Waals surface area contributed by atoms with E-state index in [0.29, 0.717) is 0 Å². The molecule has 1 heterocycles. The molecule has 0 saturated carbocycles. The van der Waals surface area contributed by atoms with Gasteiger partial charge in [-0.05, 0) is 25.0 Å². The third-order valence-electron chi connectivity index (χ3n) is 2.83. The SMILES string of the molecule is O=CC1CC(Cl)CCN1c1ccccc1. The van der Waals surface area contributed by atoms with E-state index in [1.54, 1.807) is 0 Å². The van der Waals surface area contributed by atoms with Crippen molar-refractivity contribution in [3.63, 3.8) is 0 Å². The number of piperidine rings is 1. The quantitative estimate of drug-likeness (QED) is 0.567. The van der Waals surface area contributed by atoms with Crippen LogP contribution in [-0.2, 0) is 4.79 Å². The summed E-state index contributed by atoms with van der Waals surface area (Å²) in [5, 5.41) is 0.139. The highest BCUT2D eigenvalue weighted by Gasteiger charge is 2.26. The van der Waals surface area contributed by atoms with Gasteiger partial charge in [0.2, 0.25) is 0 Å². The summed E-state index contributed by atoms with van der Waals surface area (Å²) in [6.45, 7) is 0.863. The Labute approximate surface area is 94.8 Å². The number of halogens is 1. The van der Waals surface area contributed by atoms with Crippen molar-refractivity contribution in [2.75, 3.05) is 11.4 Å². The molecule has 1 aromatic rings. The summed E-state index contributed by atoms with van der Waals surface area (Å²) in [5.41, 5.74) is 1.11. The molecule has 1 saturated heterocycles. The van der Waals surface area contributed by atoms with Crippen LogP contribution in [0.2, 0.25) is 0 Å². The molecule has 0 spiro atoms. The van der Waals surface area contributed by atoms with Gasteiger partial charge in [-0.3, -0.25) is 0 Å². The molecule has 15 heavy (non-hydrogen) atoms. The van der Waals surface area contributed by atoms with Gasteiger partial charge in [0, 0.05) is 17.6 Å². The molecule has 2 atom stereocenters. The van der Waals surface area contributed by atoms with Crippen LogP contribution in [-0.4, -0.2) is 24.2 Å². The molecule has 0 radical (unpaired) electrons. The molecule has 2 unspecified atom stereocenters. The molecule has 0 amide bonds. The van der Waals surface area contributed by atoms with Crippen LogP contribution < -0.4 is 4.90 Å². The fourth-order valence-corrected chi connectivity index (χ4v) is 2.30. The first-order valence-corrected chi connectivity index (χ1v) is 5.66. The number of benzene rings is 1. The zero-order chi connectivity index (χ0) is 10.7. The molecular weight excluding hydrogens is 210 g/mol. The molecular formula is C12H14ClNO. The number of carbonyl (C=O) groups is 1. The van der Waals surface area contributed by atoms with E-state index < -0.39 is 0 Å². The first-order valence-electron chi connectivity index (χ1n) is 5.22. The minimum absolute atomic E-state index is 0.0661. The van der Waals surface area contributed by atoms with E-state index in [4.69, 9.17) is 11.6 Å². The number of carbonyl (C=O) groups excluding carboxylic acids is 1. The second-order valence-corrected chi connectivity index (χ2v) is 4.47. The number of hydrogen-bond acceptors (Lipinski definition) is 2. The number of anilines is 1. The zero-order valence-corrected chi connectivity index (χ0v) is 9.23. The van der Waals surface area contributed by atoms with E-state index in [9.17, 15) is 4.79 Å². The maximum Gasteiger partial charge on any atom is 0.142 e. The lowest BCUT2D eigenvalue weighted by Crippen LogP contribution is -2.44. The first-order chi connectivity index (χ1) is 7.31. The molecule has 1 aliphatic heterocycles. The van der Waals surface area contributed by atoms with Crippen LogP contribution in [0.25, 0.3) is 0 Å². The van der Waals surface area contributed by atoms with Gasteiger partial charge in [0.25, 0.3) is 0 Å². The molecule has 1 aromatic carbocycles. The summed E-state index contributed by atoms with van der Waals surface area (Å²) in [6, 6.07) is 9.96. The summed E-state index contributed by atoms with van der Waals surface area (Å²) in [6.07, 6.45) is 2.70. The molecule has 2 rings (SSSR count). The van der Waals surface area contributed by atoms with Crippen molar-refractivity contribution in [1.82, 2.24) is 0 Å². The van der Waals surface area contributed by atoms with Gasteiger partial charge in [0.05, 0.1) is 6.04 Å². The highest BCUT2D eigenvalue weighted by molar-refractivity contribution is 6.20. The normalized spacial score (nSPS) is 26.3. The van der Waals surface area contributed by atoms with Crippen LogP contribution in [0.5, 0.6) is 0 Å². The van der Waals surface area contributed by atoms with Crippen LogP contribution in [0, 0.1) is 0 Å². The average Bonchev–Trinajstić information content (AvgIpc) is 2.30. The second kappa shape index (κ2) is 4.67. The molecule has 2 nitrogen and oxygen atoms in total. The molecule has 3 heteroatoms. The summed E-state index contributed by atoms with van der Waals surface area (Å²) in [4.78, 5) is 13.1. The molecule has 0 N–H and O–H groups in total. The molecule has 0 aliphatic carbocycles. The van der Waals surface area contributed by atoms with Gasteiger partial charge in [0.1, 0.15) is 6.29 Å². The maximum absolute atomic E-state index is 11.0. The Morgan fingerprint density at radius 1 is 1.33 bits per heavy atom. The van der Waals surface area contributed by atoms with Crippen molar-refractivity contribution in [3.05, 3.63) is 30.3 Å². The van der Waals surface area contributed by atoms with Crippen molar-refractivity contribution in [3.8, 4) is 0 Å². The third-order valence-corrected chi connectivity index (χ3v) is 3.22. The van der Waals surface area contributed by atoms with E-state index in [2.05, 4.69) is 4.90 Å². The minimum Gasteiger partial charge on any atom is -0.362 e. The third kappa shape index (κ3) is 2.32. The Morgan fingerprint density at radius 3 is 2.73 bits per heavy atom. The second-order valence-electron chi connectivity index (χ2n) is 3.85. The van der Waals surface area contributed by atoms with Gasteiger partial charge in [-0.25, -0.2) is 0 Å². The van der Waals surface area contributed by atoms with E-state index >= 15 is 0 Å². The largest absolute Gasteiger partial charge is 0.362 e. The number of aldehydes is 1. The minimum atomic E-state index is -0.0661. The molecule has 0 bridgehead atoms. The molecule has 1 aliphatic rings. The number of nitrogens with zero attached hydrogens (tertiary/aromatic N) is 1. The van der Waals surface area contributed by atoms with Gasteiger partial charge in [-0.2, -0.15) is 0 Å². The summed E-state index contributed by atoms with van der Waals surface area (Å²) < 4.78 is 0. The Hall–Kier alpha value is -1.02. The van der Waals surface area contributed by atoms with Crippen LogP contribution in [0.15, 0.2) is 30.3 Å². The summed E-state index contributed by atoms with van der Waals surface area (Å²) in [7, 11) is 0. The van der Waals surface area contributed by atoms with E-state index in [0.717, 1.165) is 31.4 Å². The van der Waals surface area contributed by atoms with Crippen LogP contribution in [0.4, 0.5) is 5.69 Å². The average molecular weight is 224 g/mol. The van der Waals surface area contributed by atoms with Gasteiger partial charge < -0.3 is 9.69 Å². The van der Waals surface area contributed by atoms with Crippen molar-refractivity contribution in [1.29, 1.82) is 0 Å². The van der Waals surface area contributed by atoms with Crippen molar-refractivity contribution in [2.24, 2.45) is 0 Å². The topological polar surface area (TPSA) is 20.3 Å². The Morgan fingerprint density at radius 2 is 2.07 bits per heavy atom. The maximum atomic E-state index is 11.0. The Balaban J connectivity index is 2.17. The standard InChI is InChI=1S/C12H14ClNO/c13-10-6-7-14(12(8-10)9-15)11-4-2-1-3-5-11/h1-5,9-10,12H,6-8H2. The van der Waals surface area contributed by atoms with Crippen molar-refractivity contribution < 1.29 is 4.79 Å². The number of alkyl halides is 1. The number of hydrogen-bond donors (Lipinski definition) is 0. The van der Waals surface area contributed by atoms with Gasteiger partial charge in [-0.1, -0.05) is 18.2 Å². The molecule has 1 fully saturated rings. The predicted octanol–water partition coefficient (Wildman–Crippen LogP) is 2.46.